The number of aliphatic hydroxyl groups excluding tert-OH is 1. The molecule has 7 heteroatoms. The van der Waals surface area contributed by atoms with Gasteiger partial charge in [0.2, 0.25) is 5.78 Å². The molecule has 2 heterocycles. The van der Waals surface area contributed by atoms with E-state index in [-0.39, 0.29) is 24.5 Å². The predicted molar refractivity (Wildman–Crippen MR) is 84.5 cm³/mol. The first kappa shape index (κ1) is 16.3. The molecular formula is C17H20N2O5. The maximum Gasteiger partial charge on any atom is 0.325 e. The Balaban J connectivity index is 1.93. The SMILES string of the molecule is CCOC(=O)CNC(=O)C1=C(O)C2(CCCC2)n2cccc2C1=O. The van der Waals surface area contributed by atoms with Gasteiger partial charge in [0.15, 0.2) is 0 Å². The van der Waals surface area contributed by atoms with Gasteiger partial charge in [-0.2, -0.15) is 0 Å². The Morgan fingerprint density at radius 3 is 2.75 bits per heavy atom. The van der Waals surface area contributed by atoms with Crippen LogP contribution in [0.4, 0.5) is 0 Å². The van der Waals surface area contributed by atoms with Gasteiger partial charge in [-0.25, -0.2) is 0 Å². The Labute approximate surface area is 139 Å². The van der Waals surface area contributed by atoms with E-state index in [1.807, 2.05) is 0 Å². The highest BCUT2D eigenvalue weighted by molar-refractivity contribution is 6.26. The molecule has 1 spiro atoms. The van der Waals surface area contributed by atoms with Gasteiger partial charge in [0.05, 0.1) is 12.3 Å². The number of hydrogen-bond acceptors (Lipinski definition) is 5. The van der Waals surface area contributed by atoms with Crippen LogP contribution in [0.15, 0.2) is 29.7 Å². The van der Waals surface area contributed by atoms with E-state index >= 15 is 0 Å². The molecule has 0 radical (unpaired) electrons. The van der Waals surface area contributed by atoms with E-state index in [2.05, 4.69) is 5.32 Å². The summed E-state index contributed by atoms with van der Waals surface area (Å²) < 4.78 is 6.53. The second-order valence-electron chi connectivity index (χ2n) is 6.04. The highest BCUT2D eigenvalue weighted by Crippen LogP contribution is 2.46. The Morgan fingerprint density at radius 2 is 2.08 bits per heavy atom. The molecule has 0 atom stereocenters. The van der Waals surface area contributed by atoms with Crippen molar-refractivity contribution < 1.29 is 24.2 Å². The molecule has 0 aromatic carbocycles. The van der Waals surface area contributed by atoms with Crippen molar-refractivity contribution in [3.8, 4) is 0 Å². The molecule has 1 aromatic heterocycles. The fourth-order valence-corrected chi connectivity index (χ4v) is 3.62. The van der Waals surface area contributed by atoms with E-state index in [1.165, 1.54) is 0 Å². The Bertz CT molecular complexity index is 725. The van der Waals surface area contributed by atoms with Crippen molar-refractivity contribution in [3.05, 3.63) is 35.4 Å². The van der Waals surface area contributed by atoms with Crippen LogP contribution in [-0.4, -0.2) is 40.5 Å². The summed E-state index contributed by atoms with van der Waals surface area (Å²) in [6, 6.07) is 3.38. The van der Waals surface area contributed by atoms with Crippen molar-refractivity contribution in [1.82, 2.24) is 9.88 Å². The molecule has 0 bridgehead atoms. The maximum atomic E-state index is 12.6. The van der Waals surface area contributed by atoms with E-state index in [4.69, 9.17) is 4.74 Å². The Hall–Kier alpha value is -2.57. The first-order valence-electron chi connectivity index (χ1n) is 8.11. The van der Waals surface area contributed by atoms with Crippen molar-refractivity contribution in [3.63, 3.8) is 0 Å². The molecule has 3 rings (SSSR count). The van der Waals surface area contributed by atoms with E-state index < -0.39 is 23.2 Å². The molecule has 1 fully saturated rings. The summed E-state index contributed by atoms with van der Waals surface area (Å²) in [5, 5.41) is 13.1. The minimum absolute atomic E-state index is 0.199. The lowest BCUT2D eigenvalue weighted by molar-refractivity contribution is -0.143. The largest absolute Gasteiger partial charge is 0.509 e. The number of nitrogens with one attached hydrogen (secondary N) is 1. The molecule has 1 saturated carbocycles. The lowest BCUT2D eigenvalue weighted by atomic mass is 9.85. The zero-order valence-corrected chi connectivity index (χ0v) is 13.5. The van der Waals surface area contributed by atoms with Gasteiger partial charge in [-0.1, -0.05) is 12.8 Å². The van der Waals surface area contributed by atoms with Crippen LogP contribution in [0, 0.1) is 0 Å². The maximum absolute atomic E-state index is 12.6. The van der Waals surface area contributed by atoms with Crippen LogP contribution in [0.3, 0.4) is 0 Å². The topological polar surface area (TPSA) is 97.6 Å². The van der Waals surface area contributed by atoms with Crippen LogP contribution in [0.2, 0.25) is 0 Å². The van der Waals surface area contributed by atoms with E-state index in [0.29, 0.717) is 18.5 Å². The summed E-state index contributed by atoms with van der Waals surface area (Å²) in [7, 11) is 0. The van der Waals surface area contributed by atoms with Crippen molar-refractivity contribution in [1.29, 1.82) is 0 Å². The van der Waals surface area contributed by atoms with Crippen molar-refractivity contribution in [2.45, 2.75) is 38.1 Å². The minimum Gasteiger partial charge on any atom is -0.509 e. The van der Waals surface area contributed by atoms with Crippen LogP contribution in [0.1, 0.15) is 43.1 Å². The van der Waals surface area contributed by atoms with Crippen LogP contribution in [0.25, 0.3) is 0 Å². The first-order valence-corrected chi connectivity index (χ1v) is 8.11. The highest BCUT2D eigenvalue weighted by Gasteiger charge is 2.48. The van der Waals surface area contributed by atoms with Crippen molar-refractivity contribution in [2.24, 2.45) is 0 Å². The molecule has 1 aliphatic heterocycles. The van der Waals surface area contributed by atoms with Crippen LogP contribution >= 0.6 is 0 Å². The number of hydrogen-bond donors (Lipinski definition) is 2. The lowest BCUT2D eigenvalue weighted by Gasteiger charge is -2.36. The number of aliphatic hydroxyl groups is 1. The molecule has 1 aromatic rings. The second kappa shape index (κ2) is 6.14. The molecule has 128 valence electrons. The third-order valence-corrected chi connectivity index (χ3v) is 4.70. The Morgan fingerprint density at radius 1 is 1.38 bits per heavy atom. The minimum atomic E-state index is -0.746. The summed E-state index contributed by atoms with van der Waals surface area (Å²) in [5.74, 6) is -2.07. The molecular weight excluding hydrogens is 312 g/mol. The van der Waals surface area contributed by atoms with Crippen LogP contribution < -0.4 is 5.32 Å². The number of rotatable bonds is 4. The fraction of sp³-hybridized carbons (Fsp3) is 0.471. The number of aromatic nitrogens is 1. The molecule has 1 aliphatic carbocycles. The van der Waals surface area contributed by atoms with Gasteiger partial charge in [0.1, 0.15) is 23.4 Å². The number of carbonyl (C=O) groups excluding carboxylic acids is 3. The predicted octanol–water partition coefficient (Wildman–Crippen LogP) is 1.45. The summed E-state index contributed by atoms with van der Waals surface area (Å²) in [6.45, 7) is 1.53. The smallest absolute Gasteiger partial charge is 0.325 e. The number of fused-ring (bicyclic) bond motifs is 2. The third-order valence-electron chi connectivity index (χ3n) is 4.70. The zero-order valence-electron chi connectivity index (χ0n) is 13.5. The summed E-state index contributed by atoms with van der Waals surface area (Å²) in [4.78, 5) is 36.5. The number of allylic oxidation sites excluding steroid dienone is 1. The quantitative estimate of drug-likeness (QED) is 0.642. The van der Waals surface area contributed by atoms with E-state index in [0.717, 1.165) is 12.8 Å². The number of esters is 1. The number of Topliss-reactive ketones (excluding diaryl/α,β-unsaturated/α-hetero) is 1. The molecule has 24 heavy (non-hydrogen) atoms. The van der Waals surface area contributed by atoms with Crippen LogP contribution in [0.5, 0.6) is 0 Å². The number of ether oxygens (including phenoxy) is 1. The normalized spacial score (nSPS) is 18.6. The molecule has 0 saturated heterocycles. The summed E-state index contributed by atoms with van der Waals surface area (Å²) in [5.41, 5.74) is -0.619. The zero-order chi connectivity index (χ0) is 17.3. The van der Waals surface area contributed by atoms with Gasteiger partial charge >= 0.3 is 5.97 Å². The monoisotopic (exact) mass is 332 g/mol. The van der Waals surface area contributed by atoms with Gasteiger partial charge < -0.3 is 19.7 Å². The standard InChI is InChI=1S/C17H20N2O5/c1-2-24-12(20)10-18-16(23)13-14(21)11-6-5-9-19(11)17(15(13)22)7-3-4-8-17/h5-6,9,22H,2-4,7-8,10H2,1H3,(H,18,23). The van der Waals surface area contributed by atoms with Crippen molar-refractivity contribution >= 4 is 17.7 Å². The van der Waals surface area contributed by atoms with E-state index in [1.54, 1.807) is 29.8 Å². The van der Waals surface area contributed by atoms with Gasteiger partial charge in [0.25, 0.3) is 5.91 Å². The molecule has 7 nitrogen and oxygen atoms in total. The average Bonchev–Trinajstić information content (AvgIpc) is 3.21. The fourth-order valence-electron chi connectivity index (χ4n) is 3.62. The van der Waals surface area contributed by atoms with Gasteiger partial charge in [0, 0.05) is 6.20 Å². The summed E-state index contributed by atoms with van der Waals surface area (Å²) >= 11 is 0. The average molecular weight is 332 g/mol. The number of ketones is 1. The number of carbonyl (C=O) groups is 3. The molecule has 1 amide bonds. The molecule has 2 aliphatic rings. The molecule has 0 unspecified atom stereocenters. The number of amides is 1. The van der Waals surface area contributed by atoms with Crippen LogP contribution in [-0.2, 0) is 19.9 Å². The van der Waals surface area contributed by atoms with E-state index in [9.17, 15) is 19.5 Å². The summed E-state index contributed by atoms with van der Waals surface area (Å²) in [6.07, 6.45) is 4.92. The van der Waals surface area contributed by atoms with Gasteiger partial charge in [-0.15, -0.1) is 0 Å². The van der Waals surface area contributed by atoms with Crippen molar-refractivity contribution in [2.75, 3.05) is 13.2 Å². The lowest BCUT2D eigenvalue weighted by Crippen LogP contribution is -2.44. The second-order valence-corrected chi connectivity index (χ2v) is 6.04. The Kier molecular flexibility index (Phi) is 4.17. The van der Waals surface area contributed by atoms with Gasteiger partial charge in [-0.05, 0) is 31.9 Å². The molecule has 2 N–H and O–H groups in total. The third kappa shape index (κ3) is 2.40. The number of nitrogens with zero attached hydrogens (tertiary/aromatic N) is 1. The van der Waals surface area contributed by atoms with Gasteiger partial charge in [-0.3, -0.25) is 14.4 Å². The highest BCUT2D eigenvalue weighted by atomic mass is 16.5. The first-order chi connectivity index (χ1) is 11.5.